The van der Waals surface area contributed by atoms with E-state index in [4.69, 9.17) is 11.6 Å². The van der Waals surface area contributed by atoms with Gasteiger partial charge >= 0.3 is 0 Å². The lowest BCUT2D eigenvalue weighted by Crippen LogP contribution is -2.27. The summed E-state index contributed by atoms with van der Waals surface area (Å²) in [6.45, 7) is 7.63. The normalized spacial score (nSPS) is 18.1. The highest BCUT2D eigenvalue weighted by molar-refractivity contribution is 7.19. The maximum Gasteiger partial charge on any atom is 0.258 e. The standard InChI is InChI=1S/C24H26ClFN5OP/c1-14(2)21-28-11-15(12-29-21)23(32)30-20-17(18-10-16(25)4-5-19(18)26)6-8-27-22(20)31-9-7-24(3,33)13-31/h4-6,8,10-12,14H,7,9,13,33H2,1-3H3,(H,30,32). The molecular weight excluding hydrogens is 460 g/mol. The second-order valence-electron chi connectivity index (χ2n) is 8.95. The number of pyridine rings is 1. The van der Waals surface area contributed by atoms with Crippen molar-refractivity contribution >= 4 is 38.3 Å². The van der Waals surface area contributed by atoms with Crippen molar-refractivity contribution in [2.24, 2.45) is 0 Å². The lowest BCUT2D eigenvalue weighted by atomic mass is 10.0. The average Bonchev–Trinajstić information content (AvgIpc) is 3.15. The van der Waals surface area contributed by atoms with Crippen molar-refractivity contribution in [3.8, 4) is 11.1 Å². The molecule has 0 aliphatic carbocycles. The van der Waals surface area contributed by atoms with Crippen LogP contribution in [0.4, 0.5) is 15.9 Å². The molecule has 1 aromatic carbocycles. The van der Waals surface area contributed by atoms with Crippen molar-refractivity contribution in [1.82, 2.24) is 15.0 Å². The van der Waals surface area contributed by atoms with E-state index in [0.29, 0.717) is 39.0 Å². The Morgan fingerprint density at radius 3 is 2.58 bits per heavy atom. The Kier molecular flexibility index (Phi) is 6.64. The Labute approximate surface area is 200 Å². The topological polar surface area (TPSA) is 71.0 Å². The predicted molar refractivity (Wildman–Crippen MR) is 134 cm³/mol. The summed E-state index contributed by atoms with van der Waals surface area (Å²) in [7, 11) is 2.88. The van der Waals surface area contributed by atoms with Crippen molar-refractivity contribution in [3.05, 3.63) is 65.1 Å². The van der Waals surface area contributed by atoms with E-state index < -0.39 is 11.7 Å². The largest absolute Gasteiger partial charge is 0.354 e. The number of hydrogen-bond donors (Lipinski definition) is 1. The Morgan fingerprint density at radius 2 is 1.94 bits per heavy atom. The molecule has 1 aliphatic rings. The van der Waals surface area contributed by atoms with Crippen molar-refractivity contribution in [2.75, 3.05) is 23.3 Å². The molecule has 0 bridgehead atoms. The van der Waals surface area contributed by atoms with Crippen molar-refractivity contribution in [3.63, 3.8) is 0 Å². The average molecular weight is 486 g/mol. The zero-order valence-electron chi connectivity index (χ0n) is 18.8. The smallest absolute Gasteiger partial charge is 0.258 e. The molecule has 33 heavy (non-hydrogen) atoms. The molecule has 2 atom stereocenters. The quantitative estimate of drug-likeness (QED) is 0.480. The number of halogens is 2. The lowest BCUT2D eigenvalue weighted by molar-refractivity contribution is 0.102. The summed E-state index contributed by atoms with van der Waals surface area (Å²) in [5, 5.41) is 3.38. The van der Waals surface area contributed by atoms with E-state index in [2.05, 4.69) is 41.3 Å². The van der Waals surface area contributed by atoms with E-state index in [1.54, 1.807) is 18.3 Å². The van der Waals surface area contributed by atoms with Gasteiger partial charge in [-0.2, -0.15) is 0 Å². The summed E-state index contributed by atoms with van der Waals surface area (Å²) in [6, 6.07) is 6.05. The van der Waals surface area contributed by atoms with Gasteiger partial charge in [0.25, 0.3) is 5.91 Å². The van der Waals surface area contributed by atoms with Gasteiger partial charge in [0.1, 0.15) is 11.6 Å². The number of anilines is 2. The SMILES string of the molecule is CC(C)c1ncc(C(=O)Nc2c(-c3cc(Cl)ccc3F)ccnc2N2CCC(C)(P)C2)cn1. The molecule has 1 fully saturated rings. The second kappa shape index (κ2) is 9.32. The van der Waals surface area contributed by atoms with Crippen LogP contribution < -0.4 is 10.2 Å². The van der Waals surface area contributed by atoms with E-state index in [9.17, 15) is 9.18 Å². The molecule has 1 aliphatic heterocycles. The number of amides is 1. The molecule has 172 valence electrons. The van der Waals surface area contributed by atoms with Gasteiger partial charge in [-0.1, -0.05) is 32.4 Å². The van der Waals surface area contributed by atoms with Gasteiger partial charge in [0.2, 0.25) is 0 Å². The van der Waals surface area contributed by atoms with Gasteiger partial charge in [0.05, 0.1) is 11.3 Å². The Balaban J connectivity index is 1.78. The zero-order chi connectivity index (χ0) is 23.8. The fourth-order valence-corrected chi connectivity index (χ4v) is 4.37. The molecule has 2 aromatic heterocycles. The van der Waals surface area contributed by atoms with E-state index >= 15 is 0 Å². The first-order chi connectivity index (χ1) is 15.6. The summed E-state index contributed by atoms with van der Waals surface area (Å²) in [5.41, 5.74) is 1.54. The van der Waals surface area contributed by atoms with Gasteiger partial charge in [-0.3, -0.25) is 4.79 Å². The van der Waals surface area contributed by atoms with Crippen LogP contribution in [0.3, 0.4) is 0 Å². The van der Waals surface area contributed by atoms with Crippen molar-refractivity contribution in [2.45, 2.75) is 38.3 Å². The number of rotatable bonds is 5. The third-order valence-electron chi connectivity index (χ3n) is 5.64. The molecular formula is C24H26ClFN5OP. The number of nitrogens with one attached hydrogen (secondary N) is 1. The molecule has 1 saturated heterocycles. The Bertz CT molecular complexity index is 1190. The van der Waals surface area contributed by atoms with Crippen LogP contribution in [0.2, 0.25) is 5.02 Å². The molecule has 9 heteroatoms. The van der Waals surface area contributed by atoms with Crippen LogP contribution in [-0.4, -0.2) is 39.1 Å². The second-order valence-corrected chi connectivity index (χ2v) is 10.8. The molecule has 0 radical (unpaired) electrons. The van der Waals surface area contributed by atoms with Crippen LogP contribution in [0.15, 0.2) is 42.9 Å². The third-order valence-corrected chi connectivity index (χ3v) is 6.35. The molecule has 1 amide bonds. The van der Waals surface area contributed by atoms with Crippen LogP contribution in [0, 0.1) is 5.82 Å². The van der Waals surface area contributed by atoms with Crippen molar-refractivity contribution in [1.29, 1.82) is 0 Å². The molecule has 1 N–H and O–H groups in total. The fourth-order valence-electron chi connectivity index (χ4n) is 3.85. The summed E-state index contributed by atoms with van der Waals surface area (Å²) < 4.78 is 14.8. The van der Waals surface area contributed by atoms with Gasteiger partial charge in [-0.15, -0.1) is 9.24 Å². The van der Waals surface area contributed by atoms with Gasteiger partial charge in [-0.25, -0.2) is 19.3 Å². The van der Waals surface area contributed by atoms with Gasteiger partial charge in [0.15, 0.2) is 5.82 Å². The maximum atomic E-state index is 14.8. The molecule has 4 rings (SSSR count). The monoisotopic (exact) mass is 485 g/mol. The Hall–Kier alpha value is -2.63. The van der Waals surface area contributed by atoms with Crippen LogP contribution >= 0.6 is 20.8 Å². The predicted octanol–water partition coefficient (Wildman–Crippen LogP) is 5.55. The molecule has 2 unspecified atom stereocenters. The molecule has 0 saturated carbocycles. The van der Waals surface area contributed by atoms with Crippen LogP contribution in [0.25, 0.3) is 11.1 Å². The number of benzene rings is 1. The molecule has 3 aromatic rings. The van der Waals surface area contributed by atoms with E-state index in [-0.39, 0.29) is 11.1 Å². The Morgan fingerprint density at radius 1 is 1.21 bits per heavy atom. The van der Waals surface area contributed by atoms with Gasteiger partial charge < -0.3 is 10.2 Å². The highest BCUT2D eigenvalue weighted by Crippen LogP contribution is 2.41. The molecule has 3 heterocycles. The molecule has 0 spiro atoms. The number of hydrogen-bond acceptors (Lipinski definition) is 5. The summed E-state index contributed by atoms with van der Waals surface area (Å²) in [6.07, 6.45) is 5.58. The van der Waals surface area contributed by atoms with Crippen molar-refractivity contribution < 1.29 is 9.18 Å². The zero-order valence-corrected chi connectivity index (χ0v) is 20.7. The lowest BCUT2D eigenvalue weighted by Gasteiger charge is -2.24. The van der Waals surface area contributed by atoms with Gasteiger partial charge in [0, 0.05) is 58.9 Å². The molecule has 6 nitrogen and oxygen atoms in total. The first-order valence-electron chi connectivity index (χ1n) is 10.8. The minimum absolute atomic E-state index is 0.0286. The highest BCUT2D eigenvalue weighted by Gasteiger charge is 2.32. The minimum atomic E-state index is -0.436. The number of nitrogens with zero attached hydrogens (tertiary/aromatic N) is 4. The van der Waals surface area contributed by atoms with E-state index in [1.165, 1.54) is 24.5 Å². The van der Waals surface area contributed by atoms with Crippen LogP contribution in [-0.2, 0) is 0 Å². The number of carbonyl (C=O) groups excluding carboxylic acids is 1. The van der Waals surface area contributed by atoms with Gasteiger partial charge in [-0.05, 0) is 30.7 Å². The van der Waals surface area contributed by atoms with Crippen LogP contribution in [0.1, 0.15) is 49.3 Å². The van der Waals surface area contributed by atoms with E-state index in [1.807, 2.05) is 13.8 Å². The van der Waals surface area contributed by atoms with Crippen LogP contribution in [0.5, 0.6) is 0 Å². The summed E-state index contributed by atoms with van der Waals surface area (Å²) >= 11 is 6.17. The minimum Gasteiger partial charge on any atom is -0.354 e. The first-order valence-corrected chi connectivity index (χ1v) is 11.7. The number of carbonyl (C=O) groups is 1. The summed E-state index contributed by atoms with van der Waals surface area (Å²) in [5.74, 6) is 0.573. The third kappa shape index (κ3) is 5.15. The highest BCUT2D eigenvalue weighted by atomic mass is 35.5. The number of aromatic nitrogens is 3. The maximum absolute atomic E-state index is 14.8. The van der Waals surface area contributed by atoms with E-state index in [0.717, 1.165) is 19.5 Å². The summed E-state index contributed by atoms with van der Waals surface area (Å²) in [4.78, 5) is 28.4. The fraction of sp³-hybridized carbons (Fsp3) is 0.333. The first kappa shape index (κ1) is 23.5.